The van der Waals surface area contributed by atoms with Crippen LogP contribution in [0.5, 0.6) is 11.5 Å². The van der Waals surface area contributed by atoms with Crippen molar-refractivity contribution in [2.24, 2.45) is 4.99 Å². The molecule has 0 unspecified atom stereocenters. The van der Waals surface area contributed by atoms with Crippen molar-refractivity contribution in [1.29, 1.82) is 0 Å². The van der Waals surface area contributed by atoms with Gasteiger partial charge in [0.1, 0.15) is 17.3 Å². The van der Waals surface area contributed by atoms with Gasteiger partial charge in [-0.2, -0.15) is 0 Å². The first kappa shape index (κ1) is 40.1. The topological polar surface area (TPSA) is 75.6 Å². The number of ether oxygens (including phenoxy) is 1. The van der Waals surface area contributed by atoms with E-state index in [0.717, 1.165) is 48.0 Å². The number of carbonyl (C=O) groups excluding carboxylic acids is 1. The van der Waals surface area contributed by atoms with Crippen LogP contribution >= 0.6 is 0 Å². The smallest absolute Gasteiger partial charge is 0.155 e. The number of pyridine rings is 1. The molecule has 1 aromatic heterocycles. The molecule has 258 valence electrons. The third-order valence-corrected chi connectivity index (χ3v) is 7.30. The fraction of sp³-hybridized carbons (Fsp3) is 0.279. The number of aromatic nitrogens is 1. The molecule has 0 saturated heterocycles. The Labute approximate surface area is 294 Å². The molecule has 3 aromatic carbocycles. The average Bonchev–Trinajstić information content (AvgIpc) is 3.13. The number of Topliss-reactive ketones (excluding diaryl/α,β-unsaturated/α-hetero) is 1. The van der Waals surface area contributed by atoms with Crippen LogP contribution in [-0.2, 0) is 17.6 Å². The molecule has 6 nitrogen and oxygen atoms in total. The summed E-state index contributed by atoms with van der Waals surface area (Å²) >= 11 is 0. The monoisotopic (exact) mass is 658 g/mol. The standard InChI is InChI=1S/C22H28N4.C17H16O2.C4H10/c1-4-19-11-12-23-17-21(19)15-18(3)16-24-13-14-26-22(25-5-2)20-9-7-6-8-10-20;1-13(14(2)18)12-15-8-10-17(11-9-15)19-16-6-4-3-5-7-16;1-3-4-2/h5-12,15,17,24H,2,4,13-14,16H2,1,3H3,(H,25,26);3-11H,1,12H2,2H3;3-4H2,1-2H3/b18-15+;;. The molecule has 49 heavy (non-hydrogen) atoms. The molecule has 0 aliphatic rings. The third kappa shape index (κ3) is 16.5. The quantitative estimate of drug-likeness (QED) is 0.0576. The van der Waals surface area contributed by atoms with E-state index in [9.17, 15) is 4.79 Å². The molecule has 1 heterocycles. The highest BCUT2D eigenvalue weighted by atomic mass is 16.5. The summed E-state index contributed by atoms with van der Waals surface area (Å²) in [5.74, 6) is 2.47. The van der Waals surface area contributed by atoms with Gasteiger partial charge in [0.25, 0.3) is 0 Å². The molecule has 6 heteroatoms. The minimum atomic E-state index is 0.0320. The van der Waals surface area contributed by atoms with Crippen LogP contribution in [0.3, 0.4) is 0 Å². The maximum atomic E-state index is 11.1. The van der Waals surface area contributed by atoms with Gasteiger partial charge in [-0.25, -0.2) is 0 Å². The Kier molecular flexibility index (Phi) is 19.7. The normalized spacial score (nSPS) is 10.9. The number of carbonyl (C=O) groups is 1. The van der Waals surface area contributed by atoms with Gasteiger partial charge in [-0.1, -0.05) is 119 Å². The first-order chi connectivity index (χ1) is 23.8. The Hall–Kier alpha value is -5.07. The van der Waals surface area contributed by atoms with Gasteiger partial charge in [-0.15, -0.1) is 0 Å². The fourth-order valence-electron chi connectivity index (χ4n) is 4.32. The lowest BCUT2D eigenvalue weighted by Crippen LogP contribution is -2.23. The highest BCUT2D eigenvalue weighted by Crippen LogP contribution is 2.22. The summed E-state index contributed by atoms with van der Waals surface area (Å²) in [6.45, 7) is 20.0. The number of ketones is 1. The van der Waals surface area contributed by atoms with E-state index < -0.39 is 0 Å². The Bertz CT molecular complexity index is 1590. The van der Waals surface area contributed by atoms with E-state index in [4.69, 9.17) is 4.74 Å². The molecule has 0 bridgehead atoms. The van der Waals surface area contributed by atoms with Crippen LogP contribution < -0.4 is 15.4 Å². The van der Waals surface area contributed by atoms with Gasteiger partial charge in [-0.3, -0.25) is 14.8 Å². The van der Waals surface area contributed by atoms with Crippen LogP contribution in [0, 0.1) is 0 Å². The molecule has 4 aromatic rings. The van der Waals surface area contributed by atoms with Gasteiger partial charge >= 0.3 is 0 Å². The first-order valence-corrected chi connectivity index (χ1v) is 17.1. The lowest BCUT2D eigenvalue weighted by molar-refractivity contribution is -0.113. The summed E-state index contributed by atoms with van der Waals surface area (Å²) in [4.78, 5) is 20.0. The third-order valence-electron chi connectivity index (χ3n) is 7.30. The van der Waals surface area contributed by atoms with E-state index >= 15 is 0 Å². The van der Waals surface area contributed by atoms with Gasteiger partial charge in [0.15, 0.2) is 5.78 Å². The van der Waals surface area contributed by atoms with E-state index in [1.807, 2.05) is 97.3 Å². The summed E-state index contributed by atoms with van der Waals surface area (Å²) in [5.41, 5.74) is 6.55. The van der Waals surface area contributed by atoms with E-state index in [-0.39, 0.29) is 5.78 Å². The maximum absolute atomic E-state index is 11.1. The maximum Gasteiger partial charge on any atom is 0.155 e. The van der Waals surface area contributed by atoms with Crippen molar-refractivity contribution >= 4 is 17.7 Å². The van der Waals surface area contributed by atoms with Crippen molar-refractivity contribution in [3.05, 3.63) is 156 Å². The summed E-state index contributed by atoms with van der Waals surface area (Å²) in [5, 5.41) is 6.55. The predicted octanol–water partition coefficient (Wildman–Crippen LogP) is 9.79. The van der Waals surface area contributed by atoms with Crippen molar-refractivity contribution in [2.75, 3.05) is 19.6 Å². The van der Waals surface area contributed by atoms with Crippen LogP contribution in [0.1, 0.15) is 69.7 Å². The van der Waals surface area contributed by atoms with Crippen molar-refractivity contribution in [2.45, 2.75) is 60.3 Å². The number of nitrogens with zero attached hydrogens (tertiary/aromatic N) is 2. The molecule has 2 N–H and O–H groups in total. The lowest BCUT2D eigenvalue weighted by Gasteiger charge is -2.08. The molecule has 0 fully saturated rings. The van der Waals surface area contributed by atoms with Gasteiger partial charge in [0, 0.05) is 37.5 Å². The number of amidine groups is 1. The van der Waals surface area contributed by atoms with Crippen LogP contribution in [0.25, 0.3) is 6.08 Å². The summed E-state index contributed by atoms with van der Waals surface area (Å²) in [6.07, 6.45) is 11.9. The van der Waals surface area contributed by atoms with Crippen LogP contribution in [0.2, 0.25) is 0 Å². The molecule has 0 spiro atoms. The van der Waals surface area contributed by atoms with Crippen molar-refractivity contribution < 1.29 is 9.53 Å². The highest BCUT2D eigenvalue weighted by molar-refractivity contribution is 5.99. The van der Waals surface area contributed by atoms with E-state index in [1.165, 1.54) is 36.5 Å². The van der Waals surface area contributed by atoms with Crippen LogP contribution in [-0.4, -0.2) is 36.2 Å². The molecule has 0 amide bonds. The predicted molar refractivity (Wildman–Crippen MR) is 208 cm³/mol. The zero-order valence-corrected chi connectivity index (χ0v) is 30.0. The number of allylic oxidation sites excluding steroid dienone is 1. The van der Waals surface area contributed by atoms with Gasteiger partial charge in [0.2, 0.25) is 0 Å². The second-order valence-electron chi connectivity index (χ2n) is 11.4. The summed E-state index contributed by atoms with van der Waals surface area (Å²) in [6, 6.07) is 29.5. The molecule has 0 saturated carbocycles. The molecule has 0 aliphatic heterocycles. The number of aliphatic imine (C=N–C) groups is 1. The number of aryl methyl sites for hydroxylation is 1. The van der Waals surface area contributed by atoms with Crippen molar-refractivity contribution in [3.63, 3.8) is 0 Å². The molecule has 4 rings (SSSR count). The van der Waals surface area contributed by atoms with Gasteiger partial charge in [0.05, 0.1) is 6.54 Å². The number of hydrogen-bond acceptors (Lipinski definition) is 5. The largest absolute Gasteiger partial charge is 0.457 e. The van der Waals surface area contributed by atoms with Crippen molar-refractivity contribution in [3.8, 4) is 11.5 Å². The number of hydrogen-bond donors (Lipinski definition) is 2. The Morgan fingerprint density at radius 3 is 2.10 bits per heavy atom. The zero-order chi connectivity index (χ0) is 35.7. The van der Waals surface area contributed by atoms with Crippen LogP contribution in [0.15, 0.2) is 139 Å². The number of benzene rings is 3. The van der Waals surface area contributed by atoms with Gasteiger partial charge < -0.3 is 15.4 Å². The zero-order valence-electron chi connectivity index (χ0n) is 30.0. The summed E-state index contributed by atoms with van der Waals surface area (Å²) in [7, 11) is 0. The Balaban J connectivity index is 0.000000318. The number of para-hydroxylation sites is 1. The molecule has 0 atom stereocenters. The fourth-order valence-corrected chi connectivity index (χ4v) is 4.32. The van der Waals surface area contributed by atoms with Gasteiger partial charge in [-0.05, 0) is 79.1 Å². The molecule has 0 radical (unpaired) electrons. The number of nitrogens with one attached hydrogen (secondary N) is 2. The molecular weight excluding hydrogens is 604 g/mol. The van der Waals surface area contributed by atoms with E-state index in [0.29, 0.717) is 18.5 Å². The second kappa shape index (κ2) is 24.1. The average molecular weight is 659 g/mol. The second-order valence-corrected chi connectivity index (χ2v) is 11.4. The number of unbranched alkanes of at least 4 members (excludes halogenated alkanes) is 1. The number of rotatable bonds is 15. The SMILES string of the molecule is C=C(Cc1ccc(Oc2ccccc2)cc1)C(C)=O.C=CNC(=NCCNC/C(C)=C/c1cnccc1CC)c1ccccc1.CCCC. The van der Waals surface area contributed by atoms with Crippen molar-refractivity contribution in [1.82, 2.24) is 15.6 Å². The minimum absolute atomic E-state index is 0.0320. The minimum Gasteiger partial charge on any atom is -0.457 e. The molecule has 0 aliphatic carbocycles. The molecular formula is C43H54N4O2. The Morgan fingerprint density at radius 1 is 0.878 bits per heavy atom. The highest BCUT2D eigenvalue weighted by Gasteiger charge is 2.04. The first-order valence-electron chi connectivity index (χ1n) is 17.1. The van der Waals surface area contributed by atoms with E-state index in [1.54, 1.807) is 6.20 Å². The Morgan fingerprint density at radius 2 is 1.51 bits per heavy atom. The lowest BCUT2D eigenvalue weighted by atomic mass is 10.0. The van der Waals surface area contributed by atoms with E-state index in [2.05, 4.69) is 73.6 Å². The summed E-state index contributed by atoms with van der Waals surface area (Å²) < 4.78 is 5.70. The van der Waals surface area contributed by atoms with Crippen LogP contribution in [0.4, 0.5) is 0 Å².